The molecule has 0 aliphatic carbocycles. The van der Waals surface area contributed by atoms with Crippen molar-refractivity contribution in [3.8, 4) is 5.75 Å². The van der Waals surface area contributed by atoms with E-state index in [1.807, 2.05) is 35.2 Å². The van der Waals surface area contributed by atoms with Gasteiger partial charge < -0.3 is 10.0 Å². The van der Waals surface area contributed by atoms with E-state index in [9.17, 15) is 9.90 Å². The number of amides is 1. The van der Waals surface area contributed by atoms with Crippen LogP contribution in [0, 0.1) is 0 Å². The van der Waals surface area contributed by atoms with Crippen LogP contribution in [-0.4, -0.2) is 27.4 Å². The number of likely N-dealkylation sites (tertiary alicyclic amines) is 1. The lowest BCUT2D eigenvalue weighted by atomic mass is 10.0. The number of benzene rings is 2. The third-order valence-electron chi connectivity index (χ3n) is 4.71. The maximum absolute atomic E-state index is 12.9. The number of aromatic hydroxyl groups is 1. The molecule has 1 unspecified atom stereocenters. The number of nitrogens with zero attached hydrogens (tertiary/aromatic N) is 2. The Morgan fingerprint density at radius 3 is 2.76 bits per heavy atom. The fourth-order valence-corrected chi connectivity index (χ4v) is 4.52. The van der Waals surface area contributed by atoms with E-state index < -0.39 is 0 Å². The zero-order chi connectivity index (χ0) is 17.2. The number of hydrogen-bond donors (Lipinski definition) is 1. The summed E-state index contributed by atoms with van der Waals surface area (Å²) in [6.45, 7) is 0.789. The van der Waals surface area contributed by atoms with Gasteiger partial charge in [0.25, 0.3) is 0 Å². The standard InChI is InChI=1S/C20H20N2O2S/c23-15-10-8-14(9-11-15)13-19(24)22-12-4-3-6-17(22)20-21-16-5-1-2-7-18(16)25-20/h1-2,5,7-11,17,23H,3-4,6,12-13H2. The third kappa shape index (κ3) is 3.37. The number of carbonyl (C=O) groups is 1. The number of phenols is 1. The van der Waals surface area contributed by atoms with Crippen molar-refractivity contribution >= 4 is 27.5 Å². The third-order valence-corrected chi connectivity index (χ3v) is 5.85. The van der Waals surface area contributed by atoms with Gasteiger partial charge in [-0.25, -0.2) is 4.98 Å². The molecular formula is C20H20N2O2S. The van der Waals surface area contributed by atoms with E-state index in [0.29, 0.717) is 6.42 Å². The van der Waals surface area contributed by atoms with E-state index in [0.717, 1.165) is 41.9 Å². The lowest BCUT2D eigenvalue weighted by molar-refractivity contribution is -0.134. The first-order valence-electron chi connectivity index (χ1n) is 8.63. The topological polar surface area (TPSA) is 53.4 Å². The highest BCUT2D eigenvalue weighted by Crippen LogP contribution is 2.35. The van der Waals surface area contributed by atoms with Gasteiger partial charge in [0.2, 0.25) is 5.91 Å². The quantitative estimate of drug-likeness (QED) is 0.765. The van der Waals surface area contributed by atoms with Crippen LogP contribution in [0.3, 0.4) is 0 Å². The smallest absolute Gasteiger partial charge is 0.227 e. The Morgan fingerprint density at radius 2 is 1.96 bits per heavy atom. The normalized spacial score (nSPS) is 17.8. The fourth-order valence-electron chi connectivity index (χ4n) is 3.41. The molecule has 4 rings (SSSR count). The zero-order valence-corrected chi connectivity index (χ0v) is 14.7. The van der Waals surface area contributed by atoms with Crippen molar-refractivity contribution in [3.63, 3.8) is 0 Å². The molecule has 1 amide bonds. The van der Waals surface area contributed by atoms with Gasteiger partial charge in [0, 0.05) is 6.54 Å². The number of fused-ring (bicyclic) bond motifs is 1. The molecule has 3 aromatic rings. The predicted molar refractivity (Wildman–Crippen MR) is 99.7 cm³/mol. The molecule has 1 fully saturated rings. The largest absolute Gasteiger partial charge is 0.508 e. The van der Waals surface area contributed by atoms with Crippen molar-refractivity contribution in [3.05, 3.63) is 59.1 Å². The summed E-state index contributed by atoms with van der Waals surface area (Å²) < 4.78 is 1.18. The van der Waals surface area contributed by atoms with Gasteiger partial charge in [-0.15, -0.1) is 11.3 Å². The number of piperidine rings is 1. The van der Waals surface area contributed by atoms with Gasteiger partial charge in [-0.05, 0) is 49.1 Å². The van der Waals surface area contributed by atoms with E-state index >= 15 is 0 Å². The summed E-state index contributed by atoms with van der Waals surface area (Å²) in [6, 6.07) is 15.1. The highest BCUT2D eigenvalue weighted by atomic mass is 32.1. The predicted octanol–water partition coefficient (Wildman–Crippen LogP) is 4.30. The molecule has 1 aliphatic heterocycles. The van der Waals surface area contributed by atoms with Crippen molar-refractivity contribution in [1.82, 2.24) is 9.88 Å². The molecule has 5 heteroatoms. The maximum Gasteiger partial charge on any atom is 0.227 e. The van der Waals surface area contributed by atoms with Crippen molar-refractivity contribution in [2.45, 2.75) is 31.7 Å². The summed E-state index contributed by atoms with van der Waals surface area (Å²) in [7, 11) is 0. The molecule has 2 aromatic carbocycles. The maximum atomic E-state index is 12.9. The van der Waals surface area contributed by atoms with Gasteiger partial charge in [-0.3, -0.25) is 4.79 Å². The minimum absolute atomic E-state index is 0.0794. The number of thiazole rings is 1. The number of para-hydroxylation sites is 1. The number of carbonyl (C=O) groups excluding carboxylic acids is 1. The van der Waals surface area contributed by atoms with Crippen LogP contribution in [0.5, 0.6) is 5.75 Å². The molecule has 1 aromatic heterocycles. The minimum atomic E-state index is 0.0794. The van der Waals surface area contributed by atoms with Gasteiger partial charge in [-0.2, -0.15) is 0 Å². The number of hydrogen-bond acceptors (Lipinski definition) is 4. The second-order valence-electron chi connectivity index (χ2n) is 6.46. The number of rotatable bonds is 3. The van der Waals surface area contributed by atoms with Gasteiger partial charge >= 0.3 is 0 Å². The SMILES string of the molecule is O=C(Cc1ccc(O)cc1)N1CCCCC1c1nc2ccccc2s1. The lowest BCUT2D eigenvalue weighted by Gasteiger charge is -2.34. The molecule has 0 spiro atoms. The molecule has 0 bridgehead atoms. The number of phenolic OH excluding ortho intramolecular Hbond substituents is 1. The van der Waals surface area contributed by atoms with E-state index in [1.165, 1.54) is 4.70 Å². The van der Waals surface area contributed by atoms with Crippen molar-refractivity contribution in [2.75, 3.05) is 6.54 Å². The first-order valence-corrected chi connectivity index (χ1v) is 9.45. The zero-order valence-electron chi connectivity index (χ0n) is 13.9. The lowest BCUT2D eigenvalue weighted by Crippen LogP contribution is -2.39. The molecule has 1 aliphatic rings. The van der Waals surface area contributed by atoms with Crippen LogP contribution in [0.15, 0.2) is 48.5 Å². The van der Waals surface area contributed by atoms with Crippen LogP contribution in [0.4, 0.5) is 0 Å². The van der Waals surface area contributed by atoms with Gasteiger partial charge in [0.05, 0.1) is 22.7 Å². The Bertz CT molecular complexity index is 855. The van der Waals surface area contributed by atoms with Crippen LogP contribution in [-0.2, 0) is 11.2 Å². The van der Waals surface area contributed by atoms with E-state index in [4.69, 9.17) is 4.98 Å². The van der Waals surface area contributed by atoms with E-state index in [-0.39, 0.29) is 17.7 Å². The first kappa shape index (κ1) is 16.1. The van der Waals surface area contributed by atoms with Crippen molar-refractivity contribution in [1.29, 1.82) is 0 Å². The molecule has 128 valence electrons. The summed E-state index contributed by atoms with van der Waals surface area (Å²) >= 11 is 1.70. The van der Waals surface area contributed by atoms with E-state index in [2.05, 4.69) is 6.07 Å². The highest BCUT2D eigenvalue weighted by Gasteiger charge is 2.30. The van der Waals surface area contributed by atoms with Crippen LogP contribution in [0.25, 0.3) is 10.2 Å². The first-order chi connectivity index (χ1) is 12.2. The Kier molecular flexibility index (Phi) is 4.40. The molecular weight excluding hydrogens is 332 g/mol. The monoisotopic (exact) mass is 352 g/mol. The van der Waals surface area contributed by atoms with Crippen LogP contribution >= 0.6 is 11.3 Å². The van der Waals surface area contributed by atoms with Gasteiger partial charge in [0.1, 0.15) is 10.8 Å². The molecule has 0 radical (unpaired) electrons. The Hall–Kier alpha value is -2.40. The van der Waals surface area contributed by atoms with E-state index in [1.54, 1.807) is 23.5 Å². The minimum Gasteiger partial charge on any atom is -0.508 e. The molecule has 2 heterocycles. The van der Waals surface area contributed by atoms with Crippen LogP contribution in [0.2, 0.25) is 0 Å². The highest BCUT2D eigenvalue weighted by molar-refractivity contribution is 7.18. The van der Waals surface area contributed by atoms with Crippen molar-refractivity contribution in [2.24, 2.45) is 0 Å². The summed E-state index contributed by atoms with van der Waals surface area (Å²) in [4.78, 5) is 19.7. The van der Waals surface area contributed by atoms with Crippen LogP contribution in [0.1, 0.15) is 35.9 Å². The fraction of sp³-hybridized carbons (Fsp3) is 0.300. The van der Waals surface area contributed by atoms with Crippen LogP contribution < -0.4 is 0 Å². The molecule has 1 atom stereocenters. The summed E-state index contributed by atoms with van der Waals surface area (Å²) in [5, 5.41) is 10.4. The average molecular weight is 352 g/mol. The molecule has 4 nitrogen and oxygen atoms in total. The molecule has 25 heavy (non-hydrogen) atoms. The summed E-state index contributed by atoms with van der Waals surface area (Å²) in [5.74, 6) is 0.358. The summed E-state index contributed by atoms with van der Waals surface area (Å²) in [5.41, 5.74) is 1.94. The second kappa shape index (κ2) is 6.84. The summed E-state index contributed by atoms with van der Waals surface area (Å²) in [6.07, 6.45) is 3.51. The molecule has 0 saturated carbocycles. The van der Waals surface area contributed by atoms with Crippen molar-refractivity contribution < 1.29 is 9.90 Å². The average Bonchev–Trinajstić information content (AvgIpc) is 3.07. The Morgan fingerprint density at radius 1 is 1.16 bits per heavy atom. The Labute approximate surface area is 150 Å². The molecule has 1 saturated heterocycles. The van der Waals surface area contributed by atoms with Gasteiger partial charge in [-0.1, -0.05) is 24.3 Å². The second-order valence-corrected chi connectivity index (χ2v) is 7.52. The number of aromatic nitrogens is 1. The molecule has 1 N–H and O–H groups in total. The Balaban J connectivity index is 1.57. The van der Waals surface area contributed by atoms with Gasteiger partial charge in [0.15, 0.2) is 0 Å².